The molecule has 0 saturated heterocycles. The smallest absolute Gasteiger partial charge is 0.335 e. The summed E-state index contributed by atoms with van der Waals surface area (Å²) in [6.45, 7) is 0.307. The summed E-state index contributed by atoms with van der Waals surface area (Å²) in [7, 11) is 0. The van der Waals surface area contributed by atoms with E-state index in [4.69, 9.17) is 9.84 Å². The topological polar surface area (TPSA) is 75.2 Å². The summed E-state index contributed by atoms with van der Waals surface area (Å²) in [5, 5.41) is 8.81. The van der Waals surface area contributed by atoms with Crippen LogP contribution in [0.4, 0.5) is 0 Å². The number of benzene rings is 2. The summed E-state index contributed by atoms with van der Waals surface area (Å²) in [5.41, 5.74) is 2.10. The van der Waals surface area contributed by atoms with Gasteiger partial charge in [0.25, 0.3) is 0 Å². The lowest BCUT2D eigenvalue weighted by Gasteiger charge is -2.04. The molecule has 5 heteroatoms. The lowest BCUT2D eigenvalue weighted by Crippen LogP contribution is -1.99. The van der Waals surface area contributed by atoms with E-state index in [9.17, 15) is 4.79 Å². The minimum atomic E-state index is -0.950. The Morgan fingerprint density at radius 3 is 2.60 bits per heavy atom. The molecule has 20 heavy (non-hydrogen) atoms. The van der Waals surface area contributed by atoms with Gasteiger partial charge in [0, 0.05) is 0 Å². The number of para-hydroxylation sites is 2. The van der Waals surface area contributed by atoms with Crippen molar-refractivity contribution in [2.45, 2.75) is 6.61 Å². The van der Waals surface area contributed by atoms with Crippen LogP contribution >= 0.6 is 0 Å². The van der Waals surface area contributed by atoms with E-state index in [0.717, 1.165) is 16.9 Å². The maximum atomic E-state index is 10.7. The zero-order valence-electron chi connectivity index (χ0n) is 10.5. The number of nitrogens with one attached hydrogen (secondary N) is 1. The highest BCUT2D eigenvalue weighted by atomic mass is 16.5. The highest BCUT2D eigenvalue weighted by molar-refractivity contribution is 5.87. The van der Waals surface area contributed by atoms with Gasteiger partial charge in [0.05, 0.1) is 16.6 Å². The van der Waals surface area contributed by atoms with E-state index in [1.807, 2.05) is 24.3 Å². The number of aromatic nitrogens is 2. The van der Waals surface area contributed by atoms with Gasteiger partial charge >= 0.3 is 5.97 Å². The number of hydrogen-bond acceptors (Lipinski definition) is 3. The number of carboxylic acids is 1. The van der Waals surface area contributed by atoms with Crippen molar-refractivity contribution in [3.8, 4) is 5.75 Å². The predicted molar refractivity (Wildman–Crippen MR) is 73.8 cm³/mol. The third-order valence-corrected chi connectivity index (χ3v) is 2.92. The standard InChI is InChI=1S/C15H12N2O3/c18-15(19)10-5-7-11(8-6-10)20-9-14-16-12-3-1-2-4-13(12)17-14/h1-8H,9H2,(H,16,17)(H,18,19). The number of imidazole rings is 1. The van der Waals surface area contributed by atoms with E-state index in [1.54, 1.807) is 12.1 Å². The van der Waals surface area contributed by atoms with Crippen LogP contribution in [0, 0.1) is 0 Å². The molecule has 0 amide bonds. The number of H-pyrrole nitrogens is 1. The van der Waals surface area contributed by atoms with E-state index < -0.39 is 5.97 Å². The van der Waals surface area contributed by atoms with Gasteiger partial charge in [0.1, 0.15) is 18.2 Å². The molecule has 1 heterocycles. The number of rotatable bonds is 4. The van der Waals surface area contributed by atoms with Crippen molar-refractivity contribution in [3.63, 3.8) is 0 Å². The largest absolute Gasteiger partial charge is 0.486 e. The fourth-order valence-corrected chi connectivity index (χ4v) is 1.92. The average molecular weight is 268 g/mol. The second-order valence-corrected chi connectivity index (χ2v) is 4.32. The van der Waals surface area contributed by atoms with E-state index in [-0.39, 0.29) is 5.56 Å². The Morgan fingerprint density at radius 2 is 1.90 bits per heavy atom. The molecule has 0 aliphatic carbocycles. The maximum Gasteiger partial charge on any atom is 0.335 e. The van der Waals surface area contributed by atoms with E-state index in [1.165, 1.54) is 12.1 Å². The van der Waals surface area contributed by atoms with Crippen LogP contribution in [0.3, 0.4) is 0 Å². The third-order valence-electron chi connectivity index (χ3n) is 2.92. The van der Waals surface area contributed by atoms with Gasteiger partial charge < -0.3 is 14.8 Å². The Hall–Kier alpha value is -2.82. The number of carboxylic acid groups (broad SMARTS) is 1. The number of fused-ring (bicyclic) bond motifs is 1. The first kappa shape index (κ1) is 12.2. The molecule has 0 bridgehead atoms. The molecule has 5 nitrogen and oxygen atoms in total. The van der Waals surface area contributed by atoms with Crippen molar-refractivity contribution in [2.24, 2.45) is 0 Å². The fourth-order valence-electron chi connectivity index (χ4n) is 1.92. The molecule has 0 aliphatic rings. The molecular weight excluding hydrogens is 256 g/mol. The Bertz CT molecular complexity index is 714. The minimum absolute atomic E-state index is 0.237. The molecule has 0 spiro atoms. The van der Waals surface area contributed by atoms with Crippen LogP contribution in [-0.2, 0) is 6.61 Å². The van der Waals surface area contributed by atoms with Crippen LogP contribution in [0.25, 0.3) is 11.0 Å². The molecule has 3 aromatic rings. The summed E-state index contributed by atoms with van der Waals surface area (Å²) in [6, 6.07) is 14.0. The summed E-state index contributed by atoms with van der Waals surface area (Å²) in [5.74, 6) is 0.387. The highest BCUT2D eigenvalue weighted by Crippen LogP contribution is 2.15. The zero-order chi connectivity index (χ0) is 13.9. The average Bonchev–Trinajstić information content (AvgIpc) is 2.88. The molecule has 2 N–H and O–H groups in total. The van der Waals surface area contributed by atoms with Gasteiger partial charge in [-0.05, 0) is 36.4 Å². The molecule has 0 saturated carbocycles. The highest BCUT2D eigenvalue weighted by Gasteiger charge is 2.04. The van der Waals surface area contributed by atoms with Gasteiger partial charge in [0.2, 0.25) is 0 Å². The van der Waals surface area contributed by atoms with Crippen molar-refractivity contribution in [2.75, 3.05) is 0 Å². The quantitative estimate of drug-likeness (QED) is 0.763. The van der Waals surface area contributed by atoms with Crippen molar-refractivity contribution >= 4 is 17.0 Å². The number of carbonyl (C=O) groups is 1. The second kappa shape index (κ2) is 5.05. The van der Waals surface area contributed by atoms with E-state index in [0.29, 0.717) is 12.4 Å². The maximum absolute atomic E-state index is 10.7. The number of nitrogens with zero attached hydrogens (tertiary/aromatic N) is 1. The van der Waals surface area contributed by atoms with Crippen molar-refractivity contribution in [1.82, 2.24) is 9.97 Å². The first-order chi connectivity index (χ1) is 9.72. The third kappa shape index (κ3) is 2.47. The Balaban J connectivity index is 1.71. The lowest BCUT2D eigenvalue weighted by molar-refractivity contribution is 0.0697. The summed E-state index contributed by atoms with van der Waals surface area (Å²) >= 11 is 0. The lowest BCUT2D eigenvalue weighted by atomic mass is 10.2. The Morgan fingerprint density at radius 1 is 1.15 bits per heavy atom. The van der Waals surface area contributed by atoms with Gasteiger partial charge in [-0.1, -0.05) is 12.1 Å². The summed E-state index contributed by atoms with van der Waals surface area (Å²) < 4.78 is 5.57. The minimum Gasteiger partial charge on any atom is -0.486 e. The van der Waals surface area contributed by atoms with Gasteiger partial charge in [-0.15, -0.1) is 0 Å². The number of aromatic carboxylic acids is 1. The van der Waals surface area contributed by atoms with Crippen molar-refractivity contribution in [3.05, 3.63) is 59.9 Å². The molecule has 2 aromatic carbocycles. The molecule has 0 aliphatic heterocycles. The monoisotopic (exact) mass is 268 g/mol. The fraction of sp³-hybridized carbons (Fsp3) is 0.0667. The van der Waals surface area contributed by atoms with Crippen LogP contribution in [0.5, 0.6) is 5.75 Å². The molecule has 0 unspecified atom stereocenters. The number of aromatic amines is 1. The van der Waals surface area contributed by atoms with Gasteiger partial charge in [-0.3, -0.25) is 0 Å². The first-order valence-corrected chi connectivity index (χ1v) is 6.12. The molecule has 0 radical (unpaired) electrons. The van der Waals surface area contributed by atoms with Crippen LogP contribution in [0.1, 0.15) is 16.2 Å². The van der Waals surface area contributed by atoms with Gasteiger partial charge in [-0.2, -0.15) is 0 Å². The molecule has 0 fully saturated rings. The van der Waals surface area contributed by atoms with E-state index >= 15 is 0 Å². The van der Waals surface area contributed by atoms with Gasteiger partial charge in [-0.25, -0.2) is 9.78 Å². The molecule has 3 rings (SSSR count). The predicted octanol–water partition coefficient (Wildman–Crippen LogP) is 2.84. The van der Waals surface area contributed by atoms with Crippen molar-refractivity contribution < 1.29 is 14.6 Å². The molecule has 0 atom stereocenters. The first-order valence-electron chi connectivity index (χ1n) is 6.12. The van der Waals surface area contributed by atoms with Crippen LogP contribution in [-0.4, -0.2) is 21.0 Å². The number of ether oxygens (including phenoxy) is 1. The van der Waals surface area contributed by atoms with Crippen LogP contribution in [0.2, 0.25) is 0 Å². The van der Waals surface area contributed by atoms with E-state index in [2.05, 4.69) is 9.97 Å². The normalized spacial score (nSPS) is 10.6. The SMILES string of the molecule is O=C(O)c1ccc(OCc2nc3ccccc3[nH]2)cc1. The molecule has 100 valence electrons. The summed E-state index contributed by atoms with van der Waals surface area (Å²) in [6.07, 6.45) is 0. The summed E-state index contributed by atoms with van der Waals surface area (Å²) in [4.78, 5) is 18.3. The van der Waals surface area contributed by atoms with Crippen LogP contribution in [0.15, 0.2) is 48.5 Å². The Labute approximate surface area is 114 Å². The number of hydrogen-bond donors (Lipinski definition) is 2. The second-order valence-electron chi connectivity index (χ2n) is 4.32. The molecule has 1 aromatic heterocycles. The van der Waals surface area contributed by atoms with Gasteiger partial charge in [0.15, 0.2) is 0 Å². The molecular formula is C15H12N2O3. The zero-order valence-corrected chi connectivity index (χ0v) is 10.5. The van der Waals surface area contributed by atoms with Crippen LogP contribution < -0.4 is 4.74 Å². The van der Waals surface area contributed by atoms with Crippen molar-refractivity contribution in [1.29, 1.82) is 0 Å². The Kier molecular flexibility index (Phi) is 3.09.